The maximum absolute atomic E-state index is 11.8. The third-order valence-corrected chi connectivity index (χ3v) is 4.98. The van der Waals surface area contributed by atoms with E-state index in [9.17, 15) is 4.79 Å². The largest absolute Gasteiger partial charge is 0.514 e. The van der Waals surface area contributed by atoms with Gasteiger partial charge in [-0.2, -0.15) is 0 Å². The van der Waals surface area contributed by atoms with Crippen molar-refractivity contribution in [1.29, 1.82) is 0 Å². The van der Waals surface area contributed by atoms with Crippen LogP contribution >= 0.6 is 0 Å². The molecule has 0 aromatic heterocycles. The van der Waals surface area contributed by atoms with Gasteiger partial charge >= 0.3 is 6.16 Å². The molecule has 0 fully saturated rings. The zero-order chi connectivity index (χ0) is 21.2. The summed E-state index contributed by atoms with van der Waals surface area (Å²) in [5, 5.41) is 0. The number of ether oxygens (including phenoxy) is 3. The summed E-state index contributed by atoms with van der Waals surface area (Å²) >= 11 is 0. The highest BCUT2D eigenvalue weighted by Crippen LogP contribution is 2.34. The first kappa shape index (κ1) is 22.0. The summed E-state index contributed by atoms with van der Waals surface area (Å²) < 4.78 is 16.0. The van der Waals surface area contributed by atoms with Crippen LogP contribution < -0.4 is 4.74 Å². The minimum atomic E-state index is -0.698. The second-order valence-corrected chi connectivity index (χ2v) is 9.01. The Balaban J connectivity index is 2.16. The van der Waals surface area contributed by atoms with Gasteiger partial charge in [0.1, 0.15) is 11.4 Å². The number of carbonyl (C=O) groups excluding carboxylic acids is 1. The Bertz CT molecular complexity index is 794. The molecular formula is C24H32O4. The summed E-state index contributed by atoms with van der Waals surface area (Å²) in [5.74, 6) is 0.464. The lowest BCUT2D eigenvalue weighted by Gasteiger charge is -2.28. The third kappa shape index (κ3) is 5.35. The lowest BCUT2D eigenvalue weighted by molar-refractivity contribution is 0.0190. The highest BCUT2D eigenvalue weighted by molar-refractivity contribution is 5.64. The highest BCUT2D eigenvalue weighted by atomic mass is 16.7. The minimum absolute atomic E-state index is 0.194. The molecule has 0 bridgehead atoms. The van der Waals surface area contributed by atoms with Crippen molar-refractivity contribution in [2.24, 2.45) is 0 Å². The number of hydrogen-bond acceptors (Lipinski definition) is 4. The van der Waals surface area contributed by atoms with E-state index in [4.69, 9.17) is 14.2 Å². The molecule has 4 nitrogen and oxygen atoms in total. The van der Waals surface area contributed by atoms with Gasteiger partial charge in [0.05, 0.1) is 5.60 Å². The number of benzene rings is 2. The van der Waals surface area contributed by atoms with Crippen LogP contribution in [0.15, 0.2) is 48.5 Å². The van der Waals surface area contributed by atoms with Crippen LogP contribution in [0.5, 0.6) is 5.75 Å². The Kier molecular flexibility index (Phi) is 6.24. The van der Waals surface area contributed by atoms with Crippen molar-refractivity contribution in [2.75, 3.05) is 7.11 Å². The van der Waals surface area contributed by atoms with Crippen LogP contribution in [-0.2, 0) is 20.5 Å². The van der Waals surface area contributed by atoms with Crippen molar-refractivity contribution < 1.29 is 19.0 Å². The lowest BCUT2D eigenvalue weighted by Crippen LogP contribution is -2.26. The van der Waals surface area contributed by atoms with Crippen molar-refractivity contribution in [2.45, 2.75) is 65.1 Å². The third-order valence-electron chi connectivity index (χ3n) is 4.98. The van der Waals surface area contributed by atoms with Gasteiger partial charge in [0.2, 0.25) is 0 Å². The summed E-state index contributed by atoms with van der Waals surface area (Å²) in [4.78, 5) is 11.8. The Morgan fingerprint density at radius 2 is 1.14 bits per heavy atom. The zero-order valence-corrected chi connectivity index (χ0v) is 18.3. The molecule has 0 saturated heterocycles. The molecule has 0 unspecified atom stereocenters. The maximum Gasteiger partial charge on any atom is 0.514 e. The molecule has 2 aromatic carbocycles. The topological polar surface area (TPSA) is 44.8 Å². The summed E-state index contributed by atoms with van der Waals surface area (Å²) in [6.45, 7) is 13.9. The van der Waals surface area contributed by atoms with Gasteiger partial charge in [0, 0.05) is 12.5 Å². The van der Waals surface area contributed by atoms with Crippen molar-refractivity contribution in [3.05, 3.63) is 65.2 Å². The van der Waals surface area contributed by atoms with Crippen molar-refractivity contribution in [1.82, 2.24) is 0 Å². The van der Waals surface area contributed by atoms with E-state index in [-0.39, 0.29) is 11.0 Å². The average molecular weight is 385 g/mol. The molecule has 28 heavy (non-hydrogen) atoms. The molecule has 4 heteroatoms. The average Bonchev–Trinajstić information content (AvgIpc) is 2.60. The van der Waals surface area contributed by atoms with Crippen molar-refractivity contribution in [3.8, 4) is 5.75 Å². The molecule has 0 aliphatic carbocycles. The number of methoxy groups -OCH3 is 1. The lowest BCUT2D eigenvalue weighted by atomic mass is 9.77. The monoisotopic (exact) mass is 384 g/mol. The number of rotatable bonds is 5. The van der Waals surface area contributed by atoms with Crippen LogP contribution in [-0.4, -0.2) is 18.9 Å². The highest BCUT2D eigenvalue weighted by Gasteiger charge is 2.25. The fourth-order valence-corrected chi connectivity index (χ4v) is 2.88. The van der Waals surface area contributed by atoms with Gasteiger partial charge in [-0.1, -0.05) is 50.2 Å². The van der Waals surface area contributed by atoms with Crippen LogP contribution in [0.4, 0.5) is 4.79 Å². The fourth-order valence-electron chi connectivity index (χ4n) is 2.88. The number of hydrogen-bond donors (Lipinski definition) is 0. The summed E-state index contributed by atoms with van der Waals surface area (Å²) in [5.41, 5.74) is 2.37. The Morgan fingerprint density at radius 3 is 1.57 bits per heavy atom. The van der Waals surface area contributed by atoms with Gasteiger partial charge < -0.3 is 14.2 Å². The van der Waals surface area contributed by atoms with Gasteiger partial charge in [-0.15, -0.1) is 0 Å². The number of carbonyl (C=O) groups is 1. The molecule has 0 amide bonds. The smallest absolute Gasteiger partial charge is 0.428 e. The van der Waals surface area contributed by atoms with E-state index in [1.807, 2.05) is 12.1 Å². The van der Waals surface area contributed by atoms with E-state index in [0.29, 0.717) is 5.75 Å². The van der Waals surface area contributed by atoms with Gasteiger partial charge in [-0.3, -0.25) is 0 Å². The van der Waals surface area contributed by atoms with E-state index in [0.717, 1.165) is 11.1 Å². The van der Waals surface area contributed by atoms with E-state index < -0.39 is 11.8 Å². The normalized spacial score (nSPS) is 12.6. The van der Waals surface area contributed by atoms with Crippen molar-refractivity contribution >= 4 is 6.16 Å². The molecular weight excluding hydrogens is 352 g/mol. The SMILES string of the molecule is COC(C)(C)c1ccc(C(C)(C)c2ccc(OC(=O)OC(C)(C)C)cc2)cc1. The predicted octanol–water partition coefficient (Wildman–Crippen LogP) is 6.21. The minimum Gasteiger partial charge on any atom is -0.428 e. The van der Waals surface area contributed by atoms with Crippen LogP contribution in [0.1, 0.15) is 65.2 Å². The standard InChI is InChI=1S/C24H32O4/c1-22(2,3)28-21(25)27-20-15-13-18(14-16-20)23(4,5)17-9-11-19(12-10-17)24(6,7)26-8/h9-16H,1-8H3. The molecule has 2 rings (SSSR count). The molecule has 152 valence electrons. The van der Waals surface area contributed by atoms with Gasteiger partial charge in [0.25, 0.3) is 0 Å². The molecule has 0 spiro atoms. The molecule has 2 aromatic rings. The Labute approximate surface area is 168 Å². The summed E-state index contributed by atoms with van der Waals surface area (Å²) in [6, 6.07) is 16.1. The van der Waals surface area contributed by atoms with Crippen LogP contribution in [0, 0.1) is 0 Å². The fraction of sp³-hybridized carbons (Fsp3) is 0.458. The molecule has 0 aliphatic rings. The Hall–Kier alpha value is -2.33. The molecule has 0 saturated carbocycles. The first-order chi connectivity index (χ1) is 12.8. The predicted molar refractivity (Wildman–Crippen MR) is 112 cm³/mol. The van der Waals surface area contributed by atoms with E-state index in [1.165, 1.54) is 5.56 Å². The Morgan fingerprint density at radius 1 is 0.714 bits per heavy atom. The zero-order valence-electron chi connectivity index (χ0n) is 18.3. The first-order valence-corrected chi connectivity index (χ1v) is 9.53. The first-order valence-electron chi connectivity index (χ1n) is 9.53. The second-order valence-electron chi connectivity index (χ2n) is 9.01. The molecule has 0 N–H and O–H groups in total. The molecule has 0 atom stereocenters. The second kappa shape index (κ2) is 7.96. The van der Waals surface area contributed by atoms with Gasteiger partial charge in [-0.25, -0.2) is 4.79 Å². The van der Waals surface area contributed by atoms with E-state index in [1.54, 1.807) is 40.0 Å². The van der Waals surface area contributed by atoms with Gasteiger partial charge in [0.15, 0.2) is 0 Å². The van der Waals surface area contributed by atoms with Crippen LogP contribution in [0.3, 0.4) is 0 Å². The van der Waals surface area contributed by atoms with Gasteiger partial charge in [-0.05, 0) is 63.4 Å². The van der Waals surface area contributed by atoms with E-state index in [2.05, 4.69) is 52.0 Å². The quantitative estimate of drug-likeness (QED) is 0.454. The summed E-state index contributed by atoms with van der Waals surface area (Å²) in [7, 11) is 1.72. The van der Waals surface area contributed by atoms with Crippen LogP contribution in [0.2, 0.25) is 0 Å². The van der Waals surface area contributed by atoms with Crippen LogP contribution in [0.25, 0.3) is 0 Å². The summed E-state index contributed by atoms with van der Waals surface area (Å²) in [6.07, 6.45) is -0.698. The van der Waals surface area contributed by atoms with Crippen molar-refractivity contribution in [3.63, 3.8) is 0 Å². The van der Waals surface area contributed by atoms with E-state index >= 15 is 0 Å². The molecule has 0 aliphatic heterocycles. The molecule has 0 heterocycles. The molecule has 0 radical (unpaired) electrons. The maximum atomic E-state index is 11.8.